The van der Waals surface area contributed by atoms with Gasteiger partial charge in [0.2, 0.25) is 5.95 Å². The van der Waals surface area contributed by atoms with E-state index in [1.807, 2.05) is 0 Å². The highest BCUT2D eigenvalue weighted by molar-refractivity contribution is 6.29. The predicted octanol–water partition coefficient (Wildman–Crippen LogP) is 3.05. The number of hydrogen-bond donors (Lipinski definition) is 1. The molecule has 0 atom stereocenters. The molecule has 1 aromatic carbocycles. The average molecular weight is 372 g/mol. The molecule has 2 heterocycles. The summed E-state index contributed by atoms with van der Waals surface area (Å²) in [7, 11) is 0. The largest absolute Gasteiger partial charge is 0.416 e. The van der Waals surface area contributed by atoms with E-state index in [9.17, 15) is 13.2 Å². The quantitative estimate of drug-likeness (QED) is 0.840. The third kappa shape index (κ3) is 4.52. The molecule has 0 aliphatic carbocycles. The van der Waals surface area contributed by atoms with Gasteiger partial charge in [0.25, 0.3) is 0 Å². The highest BCUT2D eigenvalue weighted by atomic mass is 35.5. The van der Waals surface area contributed by atoms with Gasteiger partial charge < -0.3 is 10.6 Å². The van der Waals surface area contributed by atoms with Crippen LogP contribution in [-0.2, 0) is 12.7 Å². The molecule has 134 valence electrons. The van der Waals surface area contributed by atoms with Crippen LogP contribution in [0.15, 0.2) is 30.3 Å². The number of hydrogen-bond acceptors (Lipinski definition) is 5. The molecule has 0 radical (unpaired) electrons. The molecule has 2 N–H and O–H groups in total. The van der Waals surface area contributed by atoms with E-state index in [4.69, 9.17) is 17.3 Å². The molecular formula is C16H17ClF3N5. The highest BCUT2D eigenvalue weighted by Gasteiger charge is 2.30. The number of nitrogens with zero attached hydrogens (tertiary/aromatic N) is 4. The zero-order valence-electron chi connectivity index (χ0n) is 13.3. The first kappa shape index (κ1) is 17.8. The smallest absolute Gasteiger partial charge is 0.368 e. The summed E-state index contributed by atoms with van der Waals surface area (Å²) in [6.45, 7) is 3.60. The lowest BCUT2D eigenvalue weighted by Crippen LogP contribution is -2.46. The second-order valence-electron chi connectivity index (χ2n) is 5.86. The number of aromatic nitrogens is 2. The van der Waals surface area contributed by atoms with Gasteiger partial charge >= 0.3 is 6.18 Å². The van der Waals surface area contributed by atoms with Crippen molar-refractivity contribution in [1.29, 1.82) is 0 Å². The zero-order valence-corrected chi connectivity index (χ0v) is 14.1. The number of anilines is 2. The second kappa shape index (κ2) is 7.05. The molecule has 1 aliphatic heterocycles. The Bertz CT molecular complexity index is 707. The summed E-state index contributed by atoms with van der Waals surface area (Å²) >= 11 is 5.90. The molecule has 1 aliphatic rings. The number of piperazine rings is 1. The van der Waals surface area contributed by atoms with Crippen molar-refractivity contribution in [2.75, 3.05) is 36.8 Å². The fourth-order valence-corrected chi connectivity index (χ4v) is 2.96. The van der Waals surface area contributed by atoms with Gasteiger partial charge in [-0.05, 0) is 17.7 Å². The molecule has 0 spiro atoms. The lowest BCUT2D eigenvalue weighted by Gasteiger charge is -2.35. The minimum Gasteiger partial charge on any atom is -0.368 e. The van der Waals surface area contributed by atoms with Crippen molar-refractivity contribution in [1.82, 2.24) is 14.9 Å². The van der Waals surface area contributed by atoms with Crippen LogP contribution in [0.2, 0.25) is 5.15 Å². The minimum absolute atomic E-state index is 0.134. The zero-order chi connectivity index (χ0) is 18.0. The first-order valence-corrected chi connectivity index (χ1v) is 8.12. The summed E-state index contributed by atoms with van der Waals surface area (Å²) in [5.41, 5.74) is 5.85. The summed E-state index contributed by atoms with van der Waals surface area (Å²) < 4.78 is 37.8. The number of halogens is 4. The van der Waals surface area contributed by atoms with Gasteiger partial charge in [-0.15, -0.1) is 0 Å². The molecule has 2 aromatic rings. The van der Waals surface area contributed by atoms with Gasteiger partial charge in [-0.3, -0.25) is 4.90 Å². The Morgan fingerprint density at radius 1 is 1.04 bits per heavy atom. The van der Waals surface area contributed by atoms with Crippen LogP contribution < -0.4 is 10.6 Å². The van der Waals surface area contributed by atoms with Gasteiger partial charge in [0.1, 0.15) is 11.0 Å². The summed E-state index contributed by atoms with van der Waals surface area (Å²) in [4.78, 5) is 12.3. The maximum Gasteiger partial charge on any atom is 0.416 e. The van der Waals surface area contributed by atoms with Gasteiger partial charge in [0, 0.05) is 38.8 Å². The van der Waals surface area contributed by atoms with E-state index in [0.29, 0.717) is 17.5 Å². The number of nitrogens with two attached hydrogens (primary N) is 1. The first-order valence-electron chi connectivity index (χ1n) is 7.75. The third-order valence-electron chi connectivity index (χ3n) is 4.08. The van der Waals surface area contributed by atoms with Crippen molar-refractivity contribution < 1.29 is 13.2 Å². The molecule has 0 unspecified atom stereocenters. The molecule has 1 fully saturated rings. The molecule has 25 heavy (non-hydrogen) atoms. The predicted molar refractivity (Wildman–Crippen MR) is 90.4 cm³/mol. The molecule has 1 saturated heterocycles. The van der Waals surface area contributed by atoms with Crippen molar-refractivity contribution in [2.45, 2.75) is 12.7 Å². The number of benzene rings is 1. The number of rotatable bonds is 3. The van der Waals surface area contributed by atoms with E-state index in [-0.39, 0.29) is 5.95 Å². The molecule has 3 rings (SSSR count). The van der Waals surface area contributed by atoms with E-state index in [1.165, 1.54) is 12.1 Å². The molecule has 0 amide bonds. The van der Waals surface area contributed by atoms with Crippen LogP contribution in [0, 0.1) is 0 Å². The molecule has 0 bridgehead atoms. The van der Waals surface area contributed by atoms with Crippen LogP contribution in [0.3, 0.4) is 0 Å². The number of nitrogen functional groups attached to an aromatic ring is 1. The van der Waals surface area contributed by atoms with Crippen LogP contribution in [0.1, 0.15) is 11.1 Å². The van der Waals surface area contributed by atoms with Crippen LogP contribution in [0.4, 0.5) is 24.9 Å². The fraction of sp³-hybridized carbons (Fsp3) is 0.375. The lowest BCUT2D eigenvalue weighted by molar-refractivity contribution is -0.137. The SMILES string of the molecule is Nc1nc(Cl)cc(N2CCN(Cc3ccc(C(F)(F)F)cc3)CC2)n1. The Balaban J connectivity index is 1.57. The van der Waals surface area contributed by atoms with E-state index < -0.39 is 11.7 Å². The maximum atomic E-state index is 12.6. The Morgan fingerprint density at radius 2 is 1.68 bits per heavy atom. The topological polar surface area (TPSA) is 58.3 Å². The van der Waals surface area contributed by atoms with E-state index in [1.54, 1.807) is 6.07 Å². The summed E-state index contributed by atoms with van der Waals surface area (Å²) in [5, 5.41) is 0.301. The Labute approximate surface area is 148 Å². The van der Waals surface area contributed by atoms with Crippen LogP contribution in [-0.4, -0.2) is 41.0 Å². The summed E-state index contributed by atoms with van der Waals surface area (Å²) in [6.07, 6.45) is -4.30. The van der Waals surface area contributed by atoms with Gasteiger partial charge in [0.05, 0.1) is 5.56 Å². The Hall–Kier alpha value is -2.06. The minimum atomic E-state index is -4.30. The van der Waals surface area contributed by atoms with Gasteiger partial charge in [-0.2, -0.15) is 18.2 Å². The van der Waals surface area contributed by atoms with Crippen molar-refractivity contribution in [3.05, 3.63) is 46.6 Å². The van der Waals surface area contributed by atoms with Crippen molar-refractivity contribution in [2.24, 2.45) is 0 Å². The fourth-order valence-electron chi connectivity index (χ4n) is 2.78. The first-order chi connectivity index (χ1) is 11.8. The van der Waals surface area contributed by atoms with Crippen LogP contribution >= 0.6 is 11.6 Å². The van der Waals surface area contributed by atoms with E-state index in [2.05, 4.69) is 19.8 Å². The highest BCUT2D eigenvalue weighted by Crippen LogP contribution is 2.29. The molecule has 0 saturated carbocycles. The van der Waals surface area contributed by atoms with Gasteiger partial charge in [-0.25, -0.2) is 4.98 Å². The molecule has 9 heteroatoms. The summed E-state index contributed by atoms with van der Waals surface area (Å²) in [5.74, 6) is 0.821. The second-order valence-corrected chi connectivity index (χ2v) is 6.25. The maximum absolute atomic E-state index is 12.6. The molecular weight excluding hydrogens is 355 g/mol. The van der Waals surface area contributed by atoms with E-state index >= 15 is 0 Å². The Morgan fingerprint density at radius 3 is 2.24 bits per heavy atom. The molecule has 5 nitrogen and oxygen atoms in total. The van der Waals surface area contributed by atoms with Crippen molar-refractivity contribution >= 4 is 23.4 Å². The van der Waals surface area contributed by atoms with Crippen LogP contribution in [0.25, 0.3) is 0 Å². The summed E-state index contributed by atoms with van der Waals surface area (Å²) in [6, 6.07) is 6.97. The van der Waals surface area contributed by atoms with Crippen molar-refractivity contribution in [3.8, 4) is 0 Å². The normalized spacial score (nSPS) is 16.2. The number of alkyl halides is 3. The monoisotopic (exact) mass is 371 g/mol. The molecule has 1 aromatic heterocycles. The van der Waals surface area contributed by atoms with Crippen LogP contribution in [0.5, 0.6) is 0 Å². The van der Waals surface area contributed by atoms with Crippen molar-refractivity contribution in [3.63, 3.8) is 0 Å². The lowest BCUT2D eigenvalue weighted by atomic mass is 10.1. The standard InChI is InChI=1S/C16H17ClF3N5/c17-13-9-14(23-15(21)22-13)25-7-5-24(6-8-25)10-11-1-3-12(4-2-11)16(18,19)20/h1-4,9H,5-8,10H2,(H2,21,22,23). The third-order valence-corrected chi connectivity index (χ3v) is 4.28. The van der Waals surface area contributed by atoms with E-state index in [0.717, 1.165) is 43.9 Å². The average Bonchev–Trinajstić information content (AvgIpc) is 2.54. The Kier molecular flexibility index (Phi) is 5.01. The van der Waals surface area contributed by atoms with Gasteiger partial charge in [0.15, 0.2) is 0 Å². The van der Waals surface area contributed by atoms with Gasteiger partial charge in [-0.1, -0.05) is 23.7 Å².